The third-order valence-corrected chi connectivity index (χ3v) is 2.48. The number of hydrogen-bond donors (Lipinski definition) is 1. The van der Waals surface area contributed by atoms with E-state index in [1.54, 1.807) is 6.92 Å². The summed E-state index contributed by atoms with van der Waals surface area (Å²) < 4.78 is 42.8. The van der Waals surface area contributed by atoms with Gasteiger partial charge in [0, 0.05) is 18.0 Å². The minimum atomic E-state index is -4.67. The van der Waals surface area contributed by atoms with Gasteiger partial charge < -0.3 is 9.67 Å². The van der Waals surface area contributed by atoms with Crippen molar-refractivity contribution in [1.82, 2.24) is 14.9 Å². The summed E-state index contributed by atoms with van der Waals surface area (Å²) in [6.45, 7) is 1.92. The van der Waals surface area contributed by atoms with Gasteiger partial charge in [-0.1, -0.05) is 10.3 Å². The minimum Gasteiger partial charge on any atom is -0.379 e. The van der Waals surface area contributed by atoms with Gasteiger partial charge in [0.1, 0.15) is 11.4 Å². The van der Waals surface area contributed by atoms with Crippen LogP contribution in [-0.2, 0) is 6.54 Å². The first kappa shape index (κ1) is 12.6. The van der Waals surface area contributed by atoms with E-state index in [0.29, 0.717) is 11.4 Å². The van der Waals surface area contributed by atoms with E-state index in [-0.39, 0.29) is 12.1 Å². The van der Waals surface area contributed by atoms with Crippen LogP contribution >= 0.6 is 0 Å². The topological polar surface area (TPSA) is 64.1 Å². The van der Waals surface area contributed by atoms with Crippen LogP contribution in [0, 0.1) is 6.92 Å². The molecule has 98 valence electrons. The van der Waals surface area contributed by atoms with E-state index in [9.17, 15) is 13.2 Å². The van der Waals surface area contributed by atoms with Crippen molar-refractivity contribution in [3.63, 3.8) is 0 Å². The van der Waals surface area contributed by atoms with Crippen molar-refractivity contribution >= 4 is 0 Å². The minimum absolute atomic E-state index is 0.211. The second-order valence-corrected chi connectivity index (χ2v) is 3.86. The van der Waals surface area contributed by atoms with Crippen molar-refractivity contribution < 1.29 is 22.9 Å². The maximum Gasteiger partial charge on any atom is 0.418 e. The zero-order chi connectivity index (χ0) is 13.3. The van der Waals surface area contributed by atoms with Crippen LogP contribution in [0.4, 0.5) is 13.2 Å². The number of nitrogens with zero attached hydrogens (tertiary/aromatic N) is 3. The second-order valence-electron chi connectivity index (χ2n) is 3.86. The Balaban J connectivity index is 2.14. The lowest BCUT2D eigenvalue weighted by atomic mass is 10.2. The fourth-order valence-corrected chi connectivity index (χ4v) is 1.47. The fourth-order valence-electron chi connectivity index (χ4n) is 1.47. The fraction of sp³-hybridized carbons (Fsp3) is 0.400. The van der Waals surface area contributed by atoms with Crippen LogP contribution in [0.1, 0.15) is 23.1 Å². The van der Waals surface area contributed by atoms with E-state index in [2.05, 4.69) is 14.9 Å². The molecular weight excluding hydrogens is 251 g/mol. The van der Waals surface area contributed by atoms with Gasteiger partial charge in [-0.05, 0) is 13.0 Å². The number of alkyl halides is 3. The van der Waals surface area contributed by atoms with Gasteiger partial charge in [0.05, 0.1) is 6.54 Å². The highest BCUT2D eigenvalue weighted by Crippen LogP contribution is 2.32. The van der Waals surface area contributed by atoms with Crippen molar-refractivity contribution in [1.29, 1.82) is 0 Å². The zero-order valence-electron chi connectivity index (χ0n) is 9.35. The number of aromatic nitrogens is 3. The summed E-state index contributed by atoms with van der Waals surface area (Å²) in [5.74, 6) is 0. The molecule has 0 aliphatic heterocycles. The Morgan fingerprint density at radius 2 is 2.17 bits per heavy atom. The van der Waals surface area contributed by atoms with Gasteiger partial charge in [0.25, 0.3) is 0 Å². The number of aliphatic hydroxyl groups is 1. The average Bonchev–Trinajstić information content (AvgIpc) is 2.87. The van der Waals surface area contributed by atoms with Crippen molar-refractivity contribution in [3.8, 4) is 0 Å². The molecule has 18 heavy (non-hydrogen) atoms. The first-order chi connectivity index (χ1) is 8.38. The Kier molecular flexibility index (Phi) is 3.12. The smallest absolute Gasteiger partial charge is 0.379 e. The third-order valence-electron chi connectivity index (χ3n) is 2.48. The second kappa shape index (κ2) is 4.45. The van der Waals surface area contributed by atoms with Crippen LogP contribution in [0.5, 0.6) is 0 Å². The van der Waals surface area contributed by atoms with Crippen molar-refractivity contribution in [2.45, 2.75) is 25.7 Å². The Morgan fingerprint density at radius 1 is 1.44 bits per heavy atom. The third kappa shape index (κ3) is 2.53. The molecule has 2 rings (SSSR count). The first-order valence-corrected chi connectivity index (χ1v) is 5.06. The predicted molar refractivity (Wildman–Crippen MR) is 53.6 cm³/mol. The van der Waals surface area contributed by atoms with Crippen LogP contribution in [0.3, 0.4) is 0 Å². The molecule has 2 aromatic heterocycles. The highest BCUT2D eigenvalue weighted by molar-refractivity contribution is 5.17. The molecule has 0 aliphatic carbocycles. The number of aliphatic hydroxyl groups excluding tert-OH is 1. The van der Waals surface area contributed by atoms with E-state index in [4.69, 9.17) is 5.11 Å². The zero-order valence-corrected chi connectivity index (χ0v) is 9.35. The standard InChI is InChI=1S/C10H10F3N3O2/c1-6-8(15-18-14-6)5-16-3-2-7(4-16)9(17)10(11,12)13/h2-4,9,17H,5H2,1H3. The average molecular weight is 261 g/mol. The Labute approximate surface area is 99.8 Å². The van der Waals surface area contributed by atoms with E-state index in [1.807, 2.05) is 0 Å². The van der Waals surface area contributed by atoms with Gasteiger partial charge in [-0.2, -0.15) is 13.2 Å². The van der Waals surface area contributed by atoms with Gasteiger partial charge in [0.15, 0.2) is 6.10 Å². The van der Waals surface area contributed by atoms with Crippen molar-refractivity contribution in [2.75, 3.05) is 0 Å². The maximum atomic E-state index is 12.3. The Morgan fingerprint density at radius 3 is 2.72 bits per heavy atom. The normalized spacial score (nSPS) is 13.8. The number of halogens is 3. The molecule has 0 saturated heterocycles. The molecule has 0 saturated carbocycles. The van der Waals surface area contributed by atoms with Crippen LogP contribution in [-0.4, -0.2) is 26.2 Å². The maximum absolute atomic E-state index is 12.3. The summed E-state index contributed by atoms with van der Waals surface area (Å²) in [5.41, 5.74) is 0.886. The summed E-state index contributed by atoms with van der Waals surface area (Å²) in [7, 11) is 0. The number of aryl methyl sites for hydroxylation is 1. The molecule has 0 spiro atoms. The lowest BCUT2D eigenvalue weighted by molar-refractivity contribution is -0.206. The monoisotopic (exact) mass is 261 g/mol. The highest BCUT2D eigenvalue weighted by Gasteiger charge is 2.39. The summed E-state index contributed by atoms with van der Waals surface area (Å²) in [6.07, 6.45) is -4.50. The molecular formula is C10H10F3N3O2. The SMILES string of the molecule is Cc1nonc1Cn1ccc(C(O)C(F)(F)F)c1. The summed E-state index contributed by atoms with van der Waals surface area (Å²) in [5, 5.41) is 16.3. The lowest BCUT2D eigenvalue weighted by Crippen LogP contribution is -2.19. The number of rotatable bonds is 3. The van der Waals surface area contributed by atoms with Gasteiger partial charge >= 0.3 is 6.18 Å². The Bertz CT molecular complexity index is 532. The molecule has 5 nitrogen and oxygen atoms in total. The van der Waals surface area contributed by atoms with Crippen molar-refractivity contribution in [3.05, 3.63) is 35.4 Å². The van der Waals surface area contributed by atoms with Crippen molar-refractivity contribution in [2.24, 2.45) is 0 Å². The molecule has 1 unspecified atom stereocenters. The Hall–Kier alpha value is -1.83. The van der Waals surface area contributed by atoms with Crippen LogP contribution < -0.4 is 0 Å². The molecule has 0 aromatic carbocycles. The van der Waals surface area contributed by atoms with E-state index in [1.165, 1.54) is 23.0 Å². The molecule has 0 radical (unpaired) electrons. The lowest BCUT2D eigenvalue weighted by Gasteiger charge is -2.12. The van der Waals surface area contributed by atoms with Gasteiger partial charge in [-0.25, -0.2) is 4.63 Å². The van der Waals surface area contributed by atoms with Gasteiger partial charge in [-0.3, -0.25) is 0 Å². The van der Waals surface area contributed by atoms with E-state index in [0.717, 1.165) is 0 Å². The molecule has 1 N–H and O–H groups in total. The predicted octanol–water partition coefficient (Wildman–Crippen LogP) is 1.82. The molecule has 8 heteroatoms. The summed E-state index contributed by atoms with van der Waals surface area (Å²) in [4.78, 5) is 0. The van der Waals surface area contributed by atoms with Gasteiger partial charge in [0.2, 0.25) is 0 Å². The molecule has 0 amide bonds. The molecule has 0 aliphatic rings. The largest absolute Gasteiger partial charge is 0.418 e. The van der Waals surface area contributed by atoms with E-state index >= 15 is 0 Å². The molecule has 2 aromatic rings. The summed E-state index contributed by atoms with van der Waals surface area (Å²) in [6, 6.07) is 1.21. The van der Waals surface area contributed by atoms with Crippen LogP contribution in [0.25, 0.3) is 0 Å². The molecule has 0 fully saturated rings. The number of hydrogen-bond acceptors (Lipinski definition) is 4. The van der Waals surface area contributed by atoms with Crippen LogP contribution in [0.15, 0.2) is 23.1 Å². The molecule has 1 atom stereocenters. The highest BCUT2D eigenvalue weighted by atomic mass is 19.4. The molecule has 0 bridgehead atoms. The summed E-state index contributed by atoms with van der Waals surface area (Å²) >= 11 is 0. The van der Waals surface area contributed by atoms with E-state index < -0.39 is 12.3 Å². The van der Waals surface area contributed by atoms with Gasteiger partial charge in [-0.15, -0.1) is 0 Å². The van der Waals surface area contributed by atoms with Crippen LogP contribution in [0.2, 0.25) is 0 Å². The quantitative estimate of drug-likeness (QED) is 0.915. The molecule has 2 heterocycles. The first-order valence-electron chi connectivity index (χ1n) is 5.06.